The van der Waals surface area contributed by atoms with Crippen LogP contribution >= 0.6 is 11.8 Å². The predicted octanol–water partition coefficient (Wildman–Crippen LogP) is 3.84. The summed E-state index contributed by atoms with van der Waals surface area (Å²) < 4.78 is 7.43. The van der Waals surface area contributed by atoms with E-state index in [0.29, 0.717) is 23.7 Å². The molecule has 4 rings (SSSR count). The zero-order chi connectivity index (χ0) is 18.3. The molecule has 6 nitrogen and oxygen atoms in total. The monoisotopic (exact) mass is 371 g/mol. The van der Waals surface area contributed by atoms with E-state index in [1.807, 2.05) is 13.0 Å². The molecule has 0 bridgehead atoms. The molecule has 3 aromatic rings. The third-order valence-corrected chi connectivity index (χ3v) is 5.79. The highest BCUT2D eigenvalue weighted by molar-refractivity contribution is 7.98. The van der Waals surface area contributed by atoms with Gasteiger partial charge in [0.25, 0.3) is 0 Å². The van der Waals surface area contributed by atoms with Gasteiger partial charge in [-0.2, -0.15) is 0 Å². The van der Waals surface area contributed by atoms with Crippen LogP contribution in [0.2, 0.25) is 0 Å². The highest BCUT2D eigenvalue weighted by Gasteiger charge is 2.30. The highest BCUT2D eigenvalue weighted by atomic mass is 32.2. The lowest BCUT2D eigenvalue weighted by Gasteiger charge is -2.09. The zero-order valence-electron chi connectivity index (χ0n) is 14.9. The summed E-state index contributed by atoms with van der Waals surface area (Å²) in [6.45, 7) is 4.92. The lowest BCUT2D eigenvalue weighted by Crippen LogP contribution is -2.03. The first kappa shape index (κ1) is 17.1. The van der Waals surface area contributed by atoms with Crippen LogP contribution in [-0.2, 0) is 18.7 Å². The number of fused-ring (bicyclic) bond motifs is 1. The molecule has 1 aliphatic rings. The maximum atomic E-state index is 11.9. The molecule has 0 aliphatic heterocycles. The maximum Gasteiger partial charge on any atom is 0.336 e. The van der Waals surface area contributed by atoms with Crippen molar-refractivity contribution in [1.29, 1.82) is 0 Å². The Morgan fingerprint density at radius 3 is 2.73 bits per heavy atom. The minimum absolute atomic E-state index is 0.160. The Balaban J connectivity index is 1.68. The van der Waals surface area contributed by atoms with Gasteiger partial charge in [0, 0.05) is 35.7 Å². The number of rotatable bonds is 6. The first-order chi connectivity index (χ1) is 12.6. The smallest absolute Gasteiger partial charge is 0.336 e. The molecule has 1 aliphatic carbocycles. The van der Waals surface area contributed by atoms with Crippen molar-refractivity contribution in [3.63, 3.8) is 0 Å². The number of benzene rings is 1. The number of thioether (sulfide) groups is 1. The standard InChI is InChI=1S/C19H21N3O3S/c1-3-11-7-14-13(8-17(24)25-16(14)9-15(11)23)10-26-19-21-20-18(12-5-6-12)22(19)4-2/h7-9,12,23H,3-6,10H2,1-2H3. The number of aromatic nitrogens is 3. The van der Waals surface area contributed by atoms with Gasteiger partial charge in [0.2, 0.25) is 0 Å². The number of hydrogen-bond acceptors (Lipinski definition) is 6. The number of nitrogens with zero attached hydrogens (tertiary/aromatic N) is 3. The van der Waals surface area contributed by atoms with Gasteiger partial charge in [-0.15, -0.1) is 10.2 Å². The van der Waals surface area contributed by atoms with Gasteiger partial charge in [0.15, 0.2) is 5.16 Å². The molecule has 1 aromatic carbocycles. The van der Waals surface area contributed by atoms with Gasteiger partial charge in [-0.25, -0.2) is 4.79 Å². The van der Waals surface area contributed by atoms with E-state index in [2.05, 4.69) is 21.7 Å². The fourth-order valence-electron chi connectivity index (χ4n) is 3.20. The fourth-order valence-corrected chi connectivity index (χ4v) is 4.20. The van der Waals surface area contributed by atoms with E-state index >= 15 is 0 Å². The molecule has 2 aromatic heterocycles. The Bertz CT molecular complexity index is 1020. The van der Waals surface area contributed by atoms with E-state index in [4.69, 9.17) is 4.42 Å². The minimum atomic E-state index is -0.410. The summed E-state index contributed by atoms with van der Waals surface area (Å²) in [4.78, 5) is 11.9. The second-order valence-electron chi connectivity index (χ2n) is 6.57. The van der Waals surface area contributed by atoms with Gasteiger partial charge in [-0.1, -0.05) is 18.7 Å². The third kappa shape index (κ3) is 3.11. The molecule has 0 radical (unpaired) electrons. The van der Waals surface area contributed by atoms with Crippen LogP contribution < -0.4 is 5.63 Å². The van der Waals surface area contributed by atoms with E-state index in [0.717, 1.165) is 34.0 Å². The molecular weight excluding hydrogens is 350 g/mol. The van der Waals surface area contributed by atoms with Gasteiger partial charge in [0.05, 0.1) is 0 Å². The largest absolute Gasteiger partial charge is 0.508 e. The lowest BCUT2D eigenvalue weighted by molar-refractivity contribution is 0.466. The summed E-state index contributed by atoms with van der Waals surface area (Å²) >= 11 is 1.58. The van der Waals surface area contributed by atoms with Crippen molar-refractivity contribution in [2.24, 2.45) is 0 Å². The molecule has 26 heavy (non-hydrogen) atoms. The van der Waals surface area contributed by atoms with Gasteiger partial charge >= 0.3 is 5.63 Å². The normalized spacial score (nSPS) is 14.2. The SMILES string of the molecule is CCc1cc2c(CSc3nnc(C4CC4)n3CC)cc(=O)oc2cc1O. The van der Waals surface area contributed by atoms with Gasteiger partial charge in [-0.05, 0) is 43.4 Å². The third-order valence-electron chi connectivity index (χ3n) is 4.77. The molecule has 1 fully saturated rings. The molecular formula is C19H21N3O3S. The maximum absolute atomic E-state index is 11.9. The summed E-state index contributed by atoms with van der Waals surface area (Å²) in [6, 6.07) is 4.97. The molecule has 0 spiro atoms. The summed E-state index contributed by atoms with van der Waals surface area (Å²) in [5, 5.41) is 20.5. The van der Waals surface area contributed by atoms with E-state index in [1.54, 1.807) is 11.8 Å². The fraction of sp³-hybridized carbons (Fsp3) is 0.421. The first-order valence-corrected chi connectivity index (χ1v) is 9.93. The highest BCUT2D eigenvalue weighted by Crippen LogP contribution is 2.40. The van der Waals surface area contributed by atoms with Gasteiger partial charge < -0.3 is 14.1 Å². The van der Waals surface area contributed by atoms with Crippen molar-refractivity contribution in [3.8, 4) is 5.75 Å². The molecule has 0 unspecified atom stereocenters. The van der Waals surface area contributed by atoms with E-state index in [9.17, 15) is 9.90 Å². The molecule has 0 amide bonds. The van der Waals surface area contributed by atoms with Crippen molar-refractivity contribution in [3.05, 3.63) is 45.6 Å². The molecule has 0 saturated heterocycles. The van der Waals surface area contributed by atoms with Crippen molar-refractivity contribution in [2.75, 3.05) is 0 Å². The van der Waals surface area contributed by atoms with Crippen molar-refractivity contribution in [1.82, 2.24) is 14.8 Å². The zero-order valence-corrected chi connectivity index (χ0v) is 15.7. The van der Waals surface area contributed by atoms with Crippen LogP contribution in [0.25, 0.3) is 11.0 Å². The Morgan fingerprint density at radius 1 is 1.23 bits per heavy atom. The van der Waals surface area contributed by atoms with Crippen molar-refractivity contribution < 1.29 is 9.52 Å². The molecule has 2 heterocycles. The summed E-state index contributed by atoms with van der Waals surface area (Å²) in [5.41, 5.74) is 1.73. The molecule has 1 N–H and O–H groups in total. The van der Waals surface area contributed by atoms with E-state index < -0.39 is 5.63 Å². The molecule has 136 valence electrons. The van der Waals surface area contributed by atoms with Crippen LogP contribution in [0.1, 0.15) is 49.6 Å². The van der Waals surface area contributed by atoms with E-state index in [-0.39, 0.29) is 5.75 Å². The Labute approximate surface area is 155 Å². The Kier molecular flexibility index (Phi) is 4.48. The molecule has 1 saturated carbocycles. The minimum Gasteiger partial charge on any atom is -0.508 e. The van der Waals surface area contributed by atoms with Crippen molar-refractivity contribution >= 4 is 22.7 Å². The Hall–Kier alpha value is -2.28. The van der Waals surface area contributed by atoms with Crippen LogP contribution in [0.3, 0.4) is 0 Å². The molecule has 0 atom stereocenters. The van der Waals surface area contributed by atoms with Crippen molar-refractivity contribution in [2.45, 2.75) is 56.5 Å². The van der Waals surface area contributed by atoms with E-state index in [1.165, 1.54) is 25.0 Å². The van der Waals surface area contributed by atoms with Crippen LogP contribution in [0, 0.1) is 0 Å². The number of aromatic hydroxyl groups is 1. The number of hydrogen-bond donors (Lipinski definition) is 1. The topological polar surface area (TPSA) is 81.2 Å². The number of phenols is 1. The Morgan fingerprint density at radius 2 is 2.04 bits per heavy atom. The summed E-state index contributed by atoms with van der Waals surface area (Å²) in [7, 11) is 0. The second-order valence-corrected chi connectivity index (χ2v) is 7.51. The number of aryl methyl sites for hydroxylation is 1. The predicted molar refractivity (Wildman–Crippen MR) is 101 cm³/mol. The first-order valence-electron chi connectivity index (χ1n) is 8.95. The average Bonchev–Trinajstić information content (AvgIpc) is 3.38. The van der Waals surface area contributed by atoms with Gasteiger partial charge in [-0.3, -0.25) is 0 Å². The summed E-state index contributed by atoms with van der Waals surface area (Å²) in [6.07, 6.45) is 3.09. The van der Waals surface area contributed by atoms with Crippen LogP contribution in [0.5, 0.6) is 5.75 Å². The quantitative estimate of drug-likeness (QED) is 0.524. The van der Waals surface area contributed by atoms with Crippen LogP contribution in [-0.4, -0.2) is 19.9 Å². The number of phenolic OH excluding ortho intramolecular Hbond substituents is 1. The summed E-state index contributed by atoms with van der Waals surface area (Å²) in [5.74, 6) is 2.38. The van der Waals surface area contributed by atoms with Gasteiger partial charge in [0.1, 0.15) is 17.2 Å². The lowest BCUT2D eigenvalue weighted by atomic mass is 10.1. The van der Waals surface area contributed by atoms with Crippen LogP contribution in [0.4, 0.5) is 0 Å². The second kappa shape index (κ2) is 6.79. The molecule has 7 heteroatoms. The van der Waals surface area contributed by atoms with Crippen LogP contribution in [0.15, 0.2) is 32.6 Å². The average molecular weight is 371 g/mol.